The summed E-state index contributed by atoms with van der Waals surface area (Å²) in [6, 6.07) is 1.47. The van der Waals surface area contributed by atoms with Crippen molar-refractivity contribution in [3.05, 3.63) is 43.0 Å². The quantitative estimate of drug-likeness (QED) is 0.655. The van der Waals surface area contributed by atoms with Crippen LogP contribution in [0, 0.1) is 21.4 Å². The van der Waals surface area contributed by atoms with Crippen LogP contribution < -0.4 is 5.56 Å². The third-order valence-electron chi connectivity index (χ3n) is 5.04. The van der Waals surface area contributed by atoms with Crippen LogP contribution in [0.25, 0.3) is 0 Å². The molecular weight excluding hydrogens is 344 g/mol. The van der Waals surface area contributed by atoms with Crippen molar-refractivity contribution in [2.24, 2.45) is 23.4 Å². The standard InChI is InChI=1S/C16H16N4O4S/c1-16(2)5-8-11(13(16)21)10(7-4-9(20(23)24)25-6-7)12-14(17-8)19(3)18-15(12)22/h4,6,10-11H,5H2,1-3H3,(H,18,22). The summed E-state index contributed by atoms with van der Waals surface area (Å²) in [6.45, 7) is 3.75. The second-order valence-corrected chi connectivity index (χ2v) is 8.09. The van der Waals surface area contributed by atoms with Gasteiger partial charge >= 0.3 is 5.00 Å². The summed E-state index contributed by atoms with van der Waals surface area (Å²) in [5, 5.41) is 15.4. The second-order valence-electron chi connectivity index (χ2n) is 7.20. The van der Waals surface area contributed by atoms with Gasteiger partial charge in [-0.2, -0.15) is 0 Å². The van der Waals surface area contributed by atoms with E-state index >= 15 is 0 Å². The van der Waals surface area contributed by atoms with E-state index in [1.807, 2.05) is 13.8 Å². The van der Waals surface area contributed by atoms with Gasteiger partial charge in [-0.1, -0.05) is 25.2 Å². The zero-order valence-corrected chi connectivity index (χ0v) is 14.7. The van der Waals surface area contributed by atoms with Crippen LogP contribution in [0.1, 0.15) is 37.3 Å². The van der Waals surface area contributed by atoms with Gasteiger partial charge in [-0.3, -0.25) is 29.5 Å². The smallest absolute Gasteiger partial charge is 0.298 e. The average Bonchev–Trinajstić information content (AvgIpc) is 3.16. The number of nitro groups is 1. The molecule has 2 unspecified atom stereocenters. The van der Waals surface area contributed by atoms with Crippen LogP contribution in [0.5, 0.6) is 0 Å². The molecule has 0 saturated heterocycles. The Labute approximate surface area is 146 Å². The fourth-order valence-electron chi connectivity index (χ4n) is 3.90. The minimum atomic E-state index is -0.557. The molecule has 2 aromatic heterocycles. The summed E-state index contributed by atoms with van der Waals surface area (Å²) in [7, 11) is 1.69. The number of aromatic amines is 1. The largest absolute Gasteiger partial charge is 0.324 e. The number of ketones is 1. The molecule has 3 heterocycles. The Bertz CT molecular complexity index is 1010. The van der Waals surface area contributed by atoms with E-state index < -0.39 is 22.2 Å². The third kappa shape index (κ3) is 2.15. The number of nitrogens with one attached hydrogen (secondary N) is 1. The zero-order chi connectivity index (χ0) is 18.1. The van der Waals surface area contributed by atoms with Crippen LogP contribution >= 0.6 is 11.3 Å². The van der Waals surface area contributed by atoms with Crippen molar-refractivity contribution < 1.29 is 9.72 Å². The lowest BCUT2D eigenvalue weighted by Crippen LogP contribution is -2.31. The first kappa shape index (κ1) is 15.9. The first-order valence-electron chi connectivity index (χ1n) is 7.84. The Balaban J connectivity index is 1.96. The monoisotopic (exact) mass is 360 g/mol. The lowest BCUT2D eigenvalue weighted by molar-refractivity contribution is -0.380. The molecule has 8 nitrogen and oxygen atoms in total. The van der Waals surface area contributed by atoms with Gasteiger partial charge in [0.1, 0.15) is 5.78 Å². The predicted molar refractivity (Wildman–Crippen MR) is 92.8 cm³/mol. The Morgan fingerprint density at radius 1 is 1.40 bits per heavy atom. The van der Waals surface area contributed by atoms with Gasteiger partial charge in [0.15, 0.2) is 5.82 Å². The molecule has 25 heavy (non-hydrogen) atoms. The molecule has 0 spiro atoms. The Morgan fingerprint density at radius 2 is 2.12 bits per heavy atom. The summed E-state index contributed by atoms with van der Waals surface area (Å²) < 4.78 is 1.55. The van der Waals surface area contributed by atoms with Gasteiger partial charge in [0.25, 0.3) is 5.56 Å². The molecule has 2 atom stereocenters. The number of aliphatic imine (C=N–C) groups is 1. The third-order valence-corrected chi connectivity index (χ3v) is 5.94. The van der Waals surface area contributed by atoms with E-state index in [1.165, 1.54) is 6.07 Å². The Morgan fingerprint density at radius 3 is 2.76 bits per heavy atom. The van der Waals surface area contributed by atoms with Crippen LogP contribution in [0.2, 0.25) is 0 Å². The Hall–Kier alpha value is -2.55. The van der Waals surface area contributed by atoms with Crippen LogP contribution in [-0.2, 0) is 11.8 Å². The molecule has 0 aromatic carbocycles. The molecular formula is C16H16N4O4S. The van der Waals surface area contributed by atoms with Gasteiger partial charge in [0, 0.05) is 35.5 Å². The number of carbonyl (C=O) groups is 1. The molecule has 130 valence electrons. The first-order chi connectivity index (χ1) is 11.7. The van der Waals surface area contributed by atoms with Crippen molar-refractivity contribution in [1.29, 1.82) is 0 Å². The number of nitrogens with zero attached hydrogens (tertiary/aromatic N) is 3. The molecule has 4 rings (SSSR count). The zero-order valence-electron chi connectivity index (χ0n) is 13.9. The summed E-state index contributed by atoms with van der Waals surface area (Å²) in [5.41, 5.74) is 0.916. The van der Waals surface area contributed by atoms with E-state index in [-0.39, 0.29) is 16.3 Å². The maximum atomic E-state index is 13.0. The van der Waals surface area contributed by atoms with Gasteiger partial charge in [0.05, 0.1) is 16.4 Å². The number of hydrogen-bond donors (Lipinski definition) is 1. The fraction of sp³-hybridized carbons (Fsp3) is 0.438. The predicted octanol–water partition coefficient (Wildman–Crippen LogP) is 2.52. The molecule has 9 heteroatoms. The number of hydrogen-bond acceptors (Lipinski definition) is 6. The number of Topliss-reactive ketones (excluding diaryl/α,β-unsaturated/α-hetero) is 1. The maximum Gasteiger partial charge on any atom is 0.324 e. The fourth-order valence-corrected chi connectivity index (χ4v) is 4.66. The molecule has 0 bridgehead atoms. The molecule has 2 aliphatic rings. The van der Waals surface area contributed by atoms with Crippen LogP contribution in [-0.4, -0.2) is 26.2 Å². The highest BCUT2D eigenvalue weighted by atomic mass is 32.1. The van der Waals surface area contributed by atoms with Gasteiger partial charge in [-0.05, 0) is 12.0 Å². The van der Waals surface area contributed by atoms with Crippen molar-refractivity contribution in [2.75, 3.05) is 0 Å². The highest BCUT2D eigenvalue weighted by Gasteiger charge is 2.52. The van der Waals surface area contributed by atoms with Crippen molar-refractivity contribution in [3.63, 3.8) is 0 Å². The van der Waals surface area contributed by atoms with Crippen LogP contribution in [0.4, 0.5) is 10.8 Å². The number of aromatic nitrogens is 2. The molecule has 1 N–H and O–H groups in total. The minimum Gasteiger partial charge on any atom is -0.298 e. The number of thiophene rings is 1. The summed E-state index contributed by atoms with van der Waals surface area (Å²) >= 11 is 1.00. The molecule has 1 aliphatic carbocycles. The van der Waals surface area contributed by atoms with Gasteiger partial charge < -0.3 is 0 Å². The van der Waals surface area contributed by atoms with E-state index in [0.29, 0.717) is 23.4 Å². The van der Waals surface area contributed by atoms with Crippen LogP contribution in [0.15, 0.2) is 21.2 Å². The number of H-pyrrole nitrogens is 1. The lowest BCUT2D eigenvalue weighted by Gasteiger charge is -2.26. The molecule has 1 fully saturated rings. The molecule has 2 aromatic rings. The topological polar surface area (TPSA) is 110 Å². The minimum absolute atomic E-state index is 0.00215. The van der Waals surface area contributed by atoms with E-state index in [9.17, 15) is 19.7 Å². The second kappa shape index (κ2) is 4.98. The normalized spacial score (nSPS) is 24.0. The maximum absolute atomic E-state index is 13.0. The molecule has 1 saturated carbocycles. The summed E-state index contributed by atoms with van der Waals surface area (Å²) in [6.07, 6.45) is 0.526. The van der Waals surface area contributed by atoms with Crippen molar-refractivity contribution in [3.8, 4) is 0 Å². The lowest BCUT2D eigenvalue weighted by atomic mass is 9.77. The molecule has 0 radical (unpaired) electrons. The van der Waals surface area contributed by atoms with Crippen molar-refractivity contribution >= 4 is 33.7 Å². The van der Waals surface area contributed by atoms with Crippen LogP contribution in [0.3, 0.4) is 0 Å². The first-order valence-corrected chi connectivity index (χ1v) is 8.72. The summed E-state index contributed by atoms with van der Waals surface area (Å²) in [5.74, 6) is -0.550. The SMILES string of the molecule is Cn1[nH]c(=O)c2c1N=C1CC(C)(C)C(=O)C1C2c1csc([N+](=O)[O-])c1. The Kier molecular flexibility index (Phi) is 3.18. The number of fused-ring (bicyclic) bond motifs is 2. The van der Waals surface area contributed by atoms with E-state index in [2.05, 4.69) is 10.1 Å². The number of rotatable bonds is 2. The van der Waals surface area contributed by atoms with Gasteiger partial charge in [-0.25, -0.2) is 4.99 Å². The van der Waals surface area contributed by atoms with Crippen molar-refractivity contribution in [2.45, 2.75) is 26.2 Å². The average molecular weight is 360 g/mol. The van der Waals surface area contributed by atoms with E-state index in [0.717, 1.165) is 17.0 Å². The van der Waals surface area contributed by atoms with E-state index in [4.69, 9.17) is 0 Å². The van der Waals surface area contributed by atoms with Crippen molar-refractivity contribution in [1.82, 2.24) is 9.78 Å². The number of aryl methyl sites for hydroxylation is 1. The molecule has 0 amide bonds. The highest BCUT2D eigenvalue weighted by molar-refractivity contribution is 7.13. The van der Waals surface area contributed by atoms with E-state index in [1.54, 1.807) is 17.1 Å². The molecule has 1 aliphatic heterocycles. The number of carbonyl (C=O) groups excluding carboxylic acids is 1. The van der Waals surface area contributed by atoms with Gasteiger partial charge in [0.2, 0.25) is 0 Å². The summed E-state index contributed by atoms with van der Waals surface area (Å²) in [4.78, 5) is 40.7. The highest BCUT2D eigenvalue weighted by Crippen LogP contribution is 2.50. The van der Waals surface area contributed by atoms with Gasteiger partial charge in [-0.15, -0.1) is 0 Å².